The highest BCUT2D eigenvalue weighted by Crippen LogP contribution is 2.32. The van der Waals surface area contributed by atoms with Gasteiger partial charge in [-0.15, -0.1) is 0 Å². The van der Waals surface area contributed by atoms with Crippen LogP contribution in [0.2, 0.25) is 0 Å². The number of aromatic amines is 1. The smallest absolute Gasteiger partial charge is 0.131 e. The van der Waals surface area contributed by atoms with Crippen LogP contribution in [0.15, 0.2) is 30.3 Å². The number of hydrogen-bond donors (Lipinski definition) is 1. The van der Waals surface area contributed by atoms with Crippen LogP contribution in [0.4, 0.5) is 0 Å². The molecule has 16 heavy (non-hydrogen) atoms. The Morgan fingerprint density at radius 3 is 2.38 bits per heavy atom. The largest absolute Gasteiger partial charge is 0.497 e. The van der Waals surface area contributed by atoms with Crippen LogP contribution in [0.25, 0.3) is 11.3 Å². The molecule has 0 saturated heterocycles. The van der Waals surface area contributed by atoms with E-state index in [1.807, 2.05) is 37.3 Å². The van der Waals surface area contributed by atoms with Crippen LogP contribution in [0.1, 0.15) is 5.69 Å². The Bertz CT molecular complexity index is 488. The predicted octanol–water partition coefficient (Wildman–Crippen LogP) is 3.01. The lowest BCUT2D eigenvalue weighted by Gasteiger charge is -2.09. The quantitative estimate of drug-likeness (QED) is 0.857. The molecule has 0 aliphatic carbocycles. The van der Waals surface area contributed by atoms with E-state index in [4.69, 9.17) is 9.47 Å². The van der Waals surface area contributed by atoms with E-state index in [0.29, 0.717) is 0 Å². The van der Waals surface area contributed by atoms with Crippen molar-refractivity contribution >= 4 is 0 Å². The number of nitrogens with one attached hydrogen (secondary N) is 1. The van der Waals surface area contributed by atoms with Crippen molar-refractivity contribution in [2.45, 2.75) is 6.92 Å². The zero-order chi connectivity index (χ0) is 11.5. The van der Waals surface area contributed by atoms with E-state index in [0.717, 1.165) is 28.5 Å². The Kier molecular flexibility index (Phi) is 2.86. The van der Waals surface area contributed by atoms with Crippen molar-refractivity contribution in [1.82, 2.24) is 4.98 Å². The van der Waals surface area contributed by atoms with E-state index >= 15 is 0 Å². The van der Waals surface area contributed by atoms with Crippen molar-refractivity contribution in [2.24, 2.45) is 0 Å². The van der Waals surface area contributed by atoms with Crippen molar-refractivity contribution in [3.63, 3.8) is 0 Å². The maximum atomic E-state index is 5.35. The van der Waals surface area contributed by atoms with Crippen molar-refractivity contribution in [3.05, 3.63) is 36.0 Å². The molecule has 3 nitrogen and oxygen atoms in total. The summed E-state index contributed by atoms with van der Waals surface area (Å²) in [7, 11) is 3.31. The molecule has 0 radical (unpaired) electrons. The first-order chi connectivity index (χ1) is 7.74. The van der Waals surface area contributed by atoms with Crippen molar-refractivity contribution in [1.29, 1.82) is 0 Å². The molecule has 0 amide bonds. The summed E-state index contributed by atoms with van der Waals surface area (Å²) in [6.07, 6.45) is 0. The summed E-state index contributed by atoms with van der Waals surface area (Å²) in [5, 5.41) is 0. The molecule has 0 unspecified atom stereocenters. The molecule has 0 aliphatic heterocycles. The maximum absolute atomic E-state index is 5.35. The summed E-state index contributed by atoms with van der Waals surface area (Å²) >= 11 is 0. The summed E-state index contributed by atoms with van der Waals surface area (Å²) in [6.45, 7) is 2.03. The second-order valence-electron chi connectivity index (χ2n) is 3.62. The molecule has 0 aliphatic rings. The van der Waals surface area contributed by atoms with Crippen molar-refractivity contribution < 1.29 is 9.47 Å². The average molecular weight is 217 g/mol. The predicted molar refractivity (Wildman–Crippen MR) is 64.1 cm³/mol. The molecule has 2 rings (SSSR count). The van der Waals surface area contributed by atoms with Gasteiger partial charge < -0.3 is 14.5 Å². The van der Waals surface area contributed by atoms with E-state index in [2.05, 4.69) is 4.98 Å². The van der Waals surface area contributed by atoms with Gasteiger partial charge in [-0.2, -0.15) is 0 Å². The fraction of sp³-hybridized carbons (Fsp3) is 0.231. The van der Waals surface area contributed by atoms with Gasteiger partial charge in [-0.3, -0.25) is 0 Å². The first kappa shape index (κ1) is 10.6. The minimum Gasteiger partial charge on any atom is -0.497 e. The van der Waals surface area contributed by atoms with Gasteiger partial charge in [0.25, 0.3) is 0 Å². The van der Waals surface area contributed by atoms with Gasteiger partial charge in [0.1, 0.15) is 11.5 Å². The highest BCUT2D eigenvalue weighted by atomic mass is 16.5. The van der Waals surface area contributed by atoms with E-state index in [-0.39, 0.29) is 0 Å². The van der Waals surface area contributed by atoms with Gasteiger partial charge in [-0.25, -0.2) is 0 Å². The fourth-order valence-electron chi connectivity index (χ4n) is 1.68. The van der Waals surface area contributed by atoms with Gasteiger partial charge >= 0.3 is 0 Å². The van der Waals surface area contributed by atoms with Crippen molar-refractivity contribution in [2.75, 3.05) is 14.2 Å². The lowest BCUT2D eigenvalue weighted by atomic mass is 10.1. The minimum atomic E-state index is 0.795. The topological polar surface area (TPSA) is 34.2 Å². The highest BCUT2D eigenvalue weighted by molar-refractivity contribution is 5.69. The molecule has 0 bridgehead atoms. The van der Waals surface area contributed by atoms with Crippen LogP contribution in [-0.2, 0) is 0 Å². The summed E-state index contributed by atoms with van der Waals surface area (Å²) < 4.78 is 10.5. The number of benzene rings is 1. The zero-order valence-electron chi connectivity index (χ0n) is 9.70. The van der Waals surface area contributed by atoms with Crippen molar-refractivity contribution in [3.8, 4) is 22.8 Å². The van der Waals surface area contributed by atoms with Crippen LogP contribution in [-0.4, -0.2) is 19.2 Å². The molecular weight excluding hydrogens is 202 g/mol. The van der Waals surface area contributed by atoms with Crippen LogP contribution in [0, 0.1) is 6.92 Å². The van der Waals surface area contributed by atoms with Gasteiger partial charge in [0, 0.05) is 23.0 Å². The number of methoxy groups -OCH3 is 2. The number of ether oxygens (including phenoxy) is 2. The van der Waals surface area contributed by atoms with Gasteiger partial charge in [-0.1, -0.05) is 0 Å². The zero-order valence-corrected chi connectivity index (χ0v) is 9.70. The standard InChI is InChI=1S/C13H15NO2/c1-9-4-7-12(14-9)11-6-5-10(15-2)8-13(11)16-3/h4-8,14H,1-3H3. The molecule has 84 valence electrons. The molecule has 0 atom stereocenters. The summed E-state index contributed by atoms with van der Waals surface area (Å²) in [5.74, 6) is 1.60. The fourth-order valence-corrected chi connectivity index (χ4v) is 1.68. The average Bonchev–Trinajstić information content (AvgIpc) is 2.74. The summed E-state index contributed by atoms with van der Waals surface area (Å²) in [6, 6.07) is 9.88. The lowest BCUT2D eigenvalue weighted by Crippen LogP contribution is -1.90. The maximum Gasteiger partial charge on any atom is 0.131 e. The molecule has 0 spiro atoms. The highest BCUT2D eigenvalue weighted by Gasteiger charge is 2.08. The Hall–Kier alpha value is -1.90. The number of hydrogen-bond acceptors (Lipinski definition) is 2. The van der Waals surface area contributed by atoms with Crippen LogP contribution >= 0.6 is 0 Å². The van der Waals surface area contributed by atoms with Gasteiger partial charge in [-0.05, 0) is 31.2 Å². The lowest BCUT2D eigenvalue weighted by molar-refractivity contribution is 0.395. The number of aromatic nitrogens is 1. The number of aryl methyl sites for hydroxylation is 1. The third kappa shape index (κ3) is 1.89. The molecule has 1 N–H and O–H groups in total. The van der Waals surface area contributed by atoms with Crippen LogP contribution in [0.5, 0.6) is 11.5 Å². The minimum absolute atomic E-state index is 0.795. The Balaban J connectivity index is 2.48. The molecule has 2 aromatic rings. The van der Waals surface area contributed by atoms with E-state index in [1.165, 1.54) is 0 Å². The second kappa shape index (κ2) is 4.31. The normalized spacial score (nSPS) is 10.2. The van der Waals surface area contributed by atoms with Crippen LogP contribution in [0.3, 0.4) is 0 Å². The van der Waals surface area contributed by atoms with E-state index in [9.17, 15) is 0 Å². The molecular formula is C13H15NO2. The molecule has 1 aromatic heterocycles. The molecule has 1 aromatic carbocycles. The van der Waals surface area contributed by atoms with Gasteiger partial charge in [0.05, 0.1) is 14.2 Å². The third-order valence-corrected chi connectivity index (χ3v) is 2.53. The number of rotatable bonds is 3. The van der Waals surface area contributed by atoms with Gasteiger partial charge in [0.2, 0.25) is 0 Å². The molecule has 0 saturated carbocycles. The molecule has 0 fully saturated rings. The monoisotopic (exact) mass is 217 g/mol. The Morgan fingerprint density at radius 1 is 1.00 bits per heavy atom. The summed E-state index contributed by atoms with van der Waals surface area (Å²) in [4.78, 5) is 3.28. The molecule has 3 heteroatoms. The number of H-pyrrole nitrogens is 1. The van der Waals surface area contributed by atoms with Gasteiger partial charge in [0.15, 0.2) is 0 Å². The van der Waals surface area contributed by atoms with E-state index in [1.54, 1.807) is 14.2 Å². The molecule has 1 heterocycles. The van der Waals surface area contributed by atoms with Crippen LogP contribution < -0.4 is 9.47 Å². The Morgan fingerprint density at radius 2 is 1.81 bits per heavy atom. The third-order valence-electron chi connectivity index (χ3n) is 2.53. The summed E-state index contributed by atoms with van der Waals surface area (Å²) in [5.41, 5.74) is 3.22. The first-order valence-corrected chi connectivity index (χ1v) is 5.12. The first-order valence-electron chi connectivity index (χ1n) is 5.12. The van der Waals surface area contributed by atoms with E-state index < -0.39 is 0 Å². The second-order valence-corrected chi connectivity index (χ2v) is 3.62. The SMILES string of the molecule is COc1ccc(-c2ccc(C)[nH]2)c(OC)c1. The Labute approximate surface area is 95.0 Å².